The van der Waals surface area contributed by atoms with E-state index in [1.54, 1.807) is 6.08 Å². The van der Waals surface area contributed by atoms with Crippen LogP contribution in [0.3, 0.4) is 0 Å². The van der Waals surface area contributed by atoms with Crippen LogP contribution >= 0.6 is 0 Å². The van der Waals surface area contributed by atoms with Gasteiger partial charge in [0.15, 0.2) is 0 Å². The Morgan fingerprint density at radius 3 is 0.939 bits per heavy atom. The molecular weight excluding hydrogens is 1010 g/mol. The van der Waals surface area contributed by atoms with Crippen LogP contribution in [0, 0.1) is 0 Å². The Balaban J connectivity index is 3.35. The second kappa shape index (κ2) is 71.3. The van der Waals surface area contributed by atoms with Crippen LogP contribution in [0.4, 0.5) is 0 Å². The first-order valence-corrected chi connectivity index (χ1v) is 36.9. The summed E-state index contributed by atoms with van der Waals surface area (Å²) in [4.78, 5) is 24.5. The standard InChI is InChI=1S/C76H143NO5/c1-3-5-7-9-11-13-15-16-17-39-43-46-50-54-58-62-66-70-76(81)82-71-67-63-59-55-51-47-44-41-38-36-34-32-30-28-26-24-22-20-18-19-21-23-25-27-29-31-33-35-37-40-42-45-49-53-57-61-65-69-75(80)77-73(72-78)74(79)68-64-60-56-52-48-14-12-10-8-6-4-2/h16-18,20,24,26,64,68,73-74,78-79H,3-15,19,21-23,25,27-63,65-67,69-72H2,1-2H3,(H,77,80)/b17-16-,20-18-,26-24-,68-64+. The fraction of sp³-hybridized carbons (Fsp3) is 0.868. The number of nitrogens with one attached hydrogen (secondary N) is 1. The molecule has 3 N–H and O–H groups in total. The second-order valence-corrected chi connectivity index (χ2v) is 25.3. The number of hydrogen-bond acceptors (Lipinski definition) is 5. The van der Waals surface area contributed by atoms with Crippen molar-refractivity contribution in [3.8, 4) is 0 Å². The summed E-state index contributed by atoms with van der Waals surface area (Å²) in [6, 6.07) is -0.625. The summed E-state index contributed by atoms with van der Waals surface area (Å²) >= 11 is 0. The second-order valence-electron chi connectivity index (χ2n) is 25.3. The molecule has 0 aliphatic carbocycles. The van der Waals surface area contributed by atoms with E-state index >= 15 is 0 Å². The van der Waals surface area contributed by atoms with E-state index in [-0.39, 0.29) is 18.5 Å². The highest BCUT2D eigenvalue weighted by atomic mass is 16.5. The number of allylic oxidation sites excluding steroid dienone is 7. The third-order valence-corrected chi connectivity index (χ3v) is 17.1. The minimum absolute atomic E-state index is 0.0154. The van der Waals surface area contributed by atoms with Gasteiger partial charge in [-0.15, -0.1) is 0 Å². The van der Waals surface area contributed by atoms with Crippen molar-refractivity contribution in [2.24, 2.45) is 0 Å². The summed E-state index contributed by atoms with van der Waals surface area (Å²) in [6.45, 7) is 4.91. The number of rotatable bonds is 69. The van der Waals surface area contributed by atoms with Gasteiger partial charge in [0.2, 0.25) is 5.91 Å². The van der Waals surface area contributed by atoms with Crippen LogP contribution < -0.4 is 5.32 Å². The molecule has 6 heteroatoms. The van der Waals surface area contributed by atoms with E-state index in [0.29, 0.717) is 19.4 Å². The van der Waals surface area contributed by atoms with Gasteiger partial charge >= 0.3 is 5.97 Å². The Morgan fingerprint density at radius 2 is 0.610 bits per heavy atom. The van der Waals surface area contributed by atoms with E-state index < -0.39 is 12.1 Å². The minimum Gasteiger partial charge on any atom is -0.466 e. The number of unbranched alkanes of at least 4 members (excludes halogenated alkanes) is 52. The first kappa shape index (κ1) is 79.8. The molecule has 0 rings (SSSR count). The maximum Gasteiger partial charge on any atom is 0.305 e. The molecule has 82 heavy (non-hydrogen) atoms. The lowest BCUT2D eigenvalue weighted by molar-refractivity contribution is -0.143. The van der Waals surface area contributed by atoms with Crippen molar-refractivity contribution in [1.82, 2.24) is 5.32 Å². The van der Waals surface area contributed by atoms with E-state index in [2.05, 4.69) is 55.6 Å². The van der Waals surface area contributed by atoms with Gasteiger partial charge in [-0.1, -0.05) is 345 Å². The van der Waals surface area contributed by atoms with E-state index in [0.717, 1.165) is 51.4 Å². The number of aliphatic hydroxyl groups excluding tert-OH is 2. The summed E-state index contributed by atoms with van der Waals surface area (Å²) in [7, 11) is 0. The highest BCUT2D eigenvalue weighted by Crippen LogP contribution is 2.18. The first-order valence-electron chi connectivity index (χ1n) is 36.9. The van der Waals surface area contributed by atoms with Gasteiger partial charge in [-0.3, -0.25) is 9.59 Å². The van der Waals surface area contributed by atoms with Crippen LogP contribution in [0.2, 0.25) is 0 Å². The third kappa shape index (κ3) is 67.0. The molecule has 2 unspecified atom stereocenters. The molecule has 0 aromatic rings. The van der Waals surface area contributed by atoms with Crippen molar-refractivity contribution in [3.05, 3.63) is 48.6 Å². The van der Waals surface area contributed by atoms with Gasteiger partial charge < -0.3 is 20.3 Å². The van der Waals surface area contributed by atoms with Crippen molar-refractivity contribution in [2.75, 3.05) is 13.2 Å². The van der Waals surface area contributed by atoms with Crippen molar-refractivity contribution < 1.29 is 24.5 Å². The topological polar surface area (TPSA) is 95.9 Å². The molecule has 0 aromatic heterocycles. The molecule has 0 aromatic carbocycles. The molecule has 0 saturated heterocycles. The molecule has 0 radical (unpaired) electrons. The summed E-state index contributed by atoms with van der Waals surface area (Å²) in [6.07, 6.45) is 93.7. The van der Waals surface area contributed by atoms with Gasteiger partial charge in [0.05, 0.1) is 25.4 Å². The van der Waals surface area contributed by atoms with E-state index in [1.165, 1.54) is 321 Å². The predicted molar refractivity (Wildman–Crippen MR) is 361 cm³/mol. The maximum atomic E-state index is 12.4. The molecule has 6 nitrogen and oxygen atoms in total. The van der Waals surface area contributed by atoms with E-state index in [4.69, 9.17) is 4.74 Å². The van der Waals surface area contributed by atoms with Gasteiger partial charge in [-0.2, -0.15) is 0 Å². The molecule has 0 aliphatic heterocycles. The average Bonchev–Trinajstić information content (AvgIpc) is 3.48. The fourth-order valence-electron chi connectivity index (χ4n) is 11.4. The highest BCUT2D eigenvalue weighted by molar-refractivity contribution is 5.76. The number of carbonyl (C=O) groups is 2. The van der Waals surface area contributed by atoms with E-state index in [9.17, 15) is 19.8 Å². The molecule has 0 spiro atoms. The summed E-state index contributed by atoms with van der Waals surface area (Å²) in [5, 5.41) is 23.1. The zero-order valence-corrected chi connectivity index (χ0v) is 55.2. The Hall–Kier alpha value is -2.18. The number of ether oxygens (including phenoxy) is 1. The predicted octanol–water partition coefficient (Wildman–Crippen LogP) is 24.0. The van der Waals surface area contributed by atoms with Gasteiger partial charge in [0.25, 0.3) is 0 Å². The van der Waals surface area contributed by atoms with Crippen LogP contribution in [0.1, 0.15) is 399 Å². The normalized spacial score (nSPS) is 12.8. The quantitative estimate of drug-likeness (QED) is 0.0320. The lowest BCUT2D eigenvalue weighted by atomic mass is 10.0. The molecule has 0 bridgehead atoms. The molecule has 0 aliphatic rings. The number of hydrogen-bond donors (Lipinski definition) is 3. The van der Waals surface area contributed by atoms with E-state index in [1.807, 2.05) is 6.08 Å². The van der Waals surface area contributed by atoms with Crippen molar-refractivity contribution in [1.29, 1.82) is 0 Å². The molecule has 2 atom stereocenters. The smallest absolute Gasteiger partial charge is 0.305 e. The fourth-order valence-corrected chi connectivity index (χ4v) is 11.4. The zero-order chi connectivity index (χ0) is 59.2. The lowest BCUT2D eigenvalue weighted by Gasteiger charge is -2.20. The third-order valence-electron chi connectivity index (χ3n) is 17.1. The summed E-state index contributed by atoms with van der Waals surface area (Å²) in [5.74, 6) is -0.0499. The SMILES string of the molecule is CCCCCCCC/C=C\CCCCCCCCCC(=O)OCCCCCCCCCCCCCCC/C=C\C/C=C\CCCCCCCCCCCCCCCCCCCC(=O)NC(CO)C(O)/C=C/CCCCCCCCCCC. The maximum absolute atomic E-state index is 12.4. The molecular formula is C76H143NO5. The largest absolute Gasteiger partial charge is 0.466 e. The Kier molecular flexibility index (Phi) is 69.4. The molecule has 0 fully saturated rings. The van der Waals surface area contributed by atoms with Crippen LogP contribution in [0.25, 0.3) is 0 Å². The minimum atomic E-state index is -0.841. The zero-order valence-electron chi connectivity index (χ0n) is 55.2. The van der Waals surface area contributed by atoms with Crippen LogP contribution in [-0.4, -0.2) is 47.4 Å². The van der Waals surface area contributed by atoms with Crippen molar-refractivity contribution >= 4 is 11.9 Å². The van der Waals surface area contributed by atoms with Crippen LogP contribution in [-0.2, 0) is 14.3 Å². The number of amides is 1. The average molecular weight is 1150 g/mol. The first-order chi connectivity index (χ1) is 40.5. The Morgan fingerprint density at radius 1 is 0.341 bits per heavy atom. The monoisotopic (exact) mass is 1150 g/mol. The van der Waals surface area contributed by atoms with Gasteiger partial charge in [-0.25, -0.2) is 0 Å². The number of esters is 1. The molecule has 482 valence electrons. The number of carbonyl (C=O) groups excluding carboxylic acids is 2. The van der Waals surface area contributed by atoms with Crippen LogP contribution in [0.5, 0.6) is 0 Å². The van der Waals surface area contributed by atoms with Crippen LogP contribution in [0.15, 0.2) is 48.6 Å². The van der Waals surface area contributed by atoms with Gasteiger partial charge in [0.1, 0.15) is 0 Å². The van der Waals surface area contributed by atoms with Gasteiger partial charge in [-0.05, 0) is 89.9 Å². The summed E-state index contributed by atoms with van der Waals surface area (Å²) in [5.41, 5.74) is 0. The summed E-state index contributed by atoms with van der Waals surface area (Å²) < 4.78 is 5.50. The Labute approximate surface area is 512 Å². The highest BCUT2D eigenvalue weighted by Gasteiger charge is 2.18. The Bertz CT molecular complexity index is 1370. The molecule has 0 heterocycles. The van der Waals surface area contributed by atoms with Gasteiger partial charge in [0, 0.05) is 12.8 Å². The van der Waals surface area contributed by atoms with Crippen molar-refractivity contribution in [3.63, 3.8) is 0 Å². The molecule has 1 amide bonds. The van der Waals surface area contributed by atoms with Crippen molar-refractivity contribution in [2.45, 2.75) is 411 Å². The lowest BCUT2D eigenvalue weighted by Crippen LogP contribution is -2.45. The number of aliphatic hydroxyl groups is 2. The molecule has 0 saturated carbocycles.